The Balaban J connectivity index is 2.37. The lowest BCUT2D eigenvalue weighted by atomic mass is 9.77. The molecule has 3 aromatic rings. The minimum absolute atomic E-state index is 0.0948. The van der Waals surface area contributed by atoms with Crippen LogP contribution in [0.5, 0.6) is 0 Å². The van der Waals surface area contributed by atoms with Gasteiger partial charge in [-0.15, -0.1) is 0 Å². The largest absolute Gasteiger partial charge is 0.403 e. The van der Waals surface area contributed by atoms with E-state index in [1.54, 1.807) is 0 Å². The fraction of sp³-hybridized carbons (Fsp3) is 0.562. The number of hydrogen-bond donors (Lipinski definition) is 0. The Hall–Kier alpha value is -2.52. The van der Waals surface area contributed by atoms with Crippen LogP contribution in [0.3, 0.4) is 0 Å². The van der Waals surface area contributed by atoms with Crippen molar-refractivity contribution in [1.29, 1.82) is 0 Å². The van der Waals surface area contributed by atoms with Crippen molar-refractivity contribution >= 4 is 41.9 Å². The summed E-state index contributed by atoms with van der Waals surface area (Å²) in [5.41, 5.74) is 5.22. The number of rotatable bonds is 1. The number of hydrogen-bond acceptors (Lipinski definition) is 4. The van der Waals surface area contributed by atoms with Crippen molar-refractivity contribution in [2.45, 2.75) is 118 Å². The predicted molar refractivity (Wildman–Crippen MR) is 159 cm³/mol. The van der Waals surface area contributed by atoms with E-state index < -0.39 is 8.16 Å². The van der Waals surface area contributed by atoms with E-state index in [-0.39, 0.29) is 46.3 Å². The smallest absolute Gasteiger partial charge is 0.351 e. The maximum atomic E-state index is 12.9. The Kier molecular flexibility index (Phi) is 6.76. The molecule has 38 heavy (non-hydrogen) atoms. The van der Waals surface area contributed by atoms with Gasteiger partial charge in [0.2, 0.25) is 11.8 Å². The van der Waals surface area contributed by atoms with Crippen LogP contribution in [0, 0.1) is 0 Å². The number of benzene rings is 2. The molecule has 5 nitrogen and oxygen atoms in total. The highest BCUT2D eigenvalue weighted by molar-refractivity contribution is 7.42. The lowest BCUT2D eigenvalue weighted by molar-refractivity contribution is -0.120. The fourth-order valence-electron chi connectivity index (χ4n) is 4.84. The molecule has 4 rings (SSSR count). The number of carbonyl (C=O) groups is 2. The first-order valence-electron chi connectivity index (χ1n) is 13.6. The van der Waals surface area contributed by atoms with Crippen molar-refractivity contribution in [3.63, 3.8) is 0 Å². The maximum Gasteiger partial charge on any atom is 0.351 e. The van der Waals surface area contributed by atoms with Gasteiger partial charge in [0.25, 0.3) is 0 Å². The van der Waals surface area contributed by atoms with Crippen molar-refractivity contribution in [1.82, 2.24) is 0 Å². The fourth-order valence-corrected chi connectivity index (χ4v) is 6.31. The SMILES string of the molecule is CC(C)(C)c1cc(C(C)(C)C)c2op(N3C(=O)CCC3=O)oc3c(C(C)(C)C)cc(C(C)(C)C)cc3c2c1. The predicted octanol–water partition coefficient (Wildman–Crippen LogP) is 9.27. The third kappa shape index (κ3) is 5.19. The van der Waals surface area contributed by atoms with Gasteiger partial charge in [0.1, 0.15) is 11.2 Å². The maximum absolute atomic E-state index is 12.9. The molecule has 0 spiro atoms. The highest BCUT2D eigenvalue weighted by Gasteiger charge is 2.36. The Morgan fingerprint density at radius 3 is 1.21 bits per heavy atom. The first-order valence-corrected chi connectivity index (χ1v) is 14.7. The van der Waals surface area contributed by atoms with Crippen LogP contribution < -0.4 is 4.67 Å². The molecule has 2 heterocycles. The van der Waals surface area contributed by atoms with E-state index in [2.05, 4.69) is 107 Å². The third-order valence-corrected chi connectivity index (χ3v) is 8.79. The van der Waals surface area contributed by atoms with Crippen LogP contribution in [0.4, 0.5) is 0 Å². The van der Waals surface area contributed by atoms with Gasteiger partial charge in [0, 0.05) is 34.7 Å². The highest BCUT2D eigenvalue weighted by Crippen LogP contribution is 2.46. The van der Waals surface area contributed by atoms with Gasteiger partial charge in [0.15, 0.2) is 0 Å². The van der Waals surface area contributed by atoms with E-state index in [1.165, 1.54) is 15.8 Å². The van der Waals surface area contributed by atoms with Crippen LogP contribution in [0.15, 0.2) is 32.7 Å². The molecule has 206 valence electrons. The summed E-state index contributed by atoms with van der Waals surface area (Å²) in [6.07, 6.45) is 0.378. The van der Waals surface area contributed by atoms with Crippen LogP contribution in [-0.2, 0) is 31.2 Å². The molecule has 1 aliphatic rings. The number of nitrogens with zero attached hydrogens (tertiary/aromatic N) is 1. The third-order valence-electron chi connectivity index (χ3n) is 7.34. The Bertz CT molecular complexity index is 1370. The molecule has 0 atom stereocenters. The molecule has 0 saturated carbocycles. The summed E-state index contributed by atoms with van der Waals surface area (Å²) in [5.74, 6) is -0.475. The van der Waals surface area contributed by atoms with E-state index in [0.29, 0.717) is 11.2 Å². The minimum Gasteiger partial charge on any atom is -0.403 e. The molecule has 0 bridgehead atoms. The Morgan fingerprint density at radius 1 is 0.579 bits per heavy atom. The second-order valence-electron chi connectivity index (χ2n) is 14.8. The first kappa shape index (κ1) is 28.5. The Labute approximate surface area is 228 Å². The quantitative estimate of drug-likeness (QED) is 0.290. The number of amides is 2. The second-order valence-corrected chi connectivity index (χ2v) is 16.1. The van der Waals surface area contributed by atoms with Crippen molar-refractivity contribution < 1.29 is 18.0 Å². The van der Waals surface area contributed by atoms with Crippen LogP contribution in [0.2, 0.25) is 0 Å². The molecule has 1 aliphatic heterocycles. The molecule has 0 aliphatic carbocycles. The number of imide groups is 1. The van der Waals surface area contributed by atoms with Crippen LogP contribution in [-0.4, -0.2) is 11.8 Å². The molecule has 2 aromatic carbocycles. The molecule has 6 heteroatoms. The van der Waals surface area contributed by atoms with Crippen LogP contribution >= 0.6 is 8.16 Å². The van der Waals surface area contributed by atoms with Gasteiger partial charge in [-0.1, -0.05) is 95.2 Å². The zero-order chi connectivity index (χ0) is 28.6. The first-order chi connectivity index (χ1) is 17.2. The summed E-state index contributed by atoms with van der Waals surface area (Å²) in [5, 5.41) is 1.91. The Morgan fingerprint density at radius 2 is 0.921 bits per heavy atom. The van der Waals surface area contributed by atoms with E-state index in [0.717, 1.165) is 21.9 Å². The number of carbonyl (C=O) groups excluding carboxylic acids is 2. The average molecular weight is 538 g/mol. The zero-order valence-electron chi connectivity index (χ0n) is 25.3. The van der Waals surface area contributed by atoms with Crippen molar-refractivity contribution in [3.8, 4) is 0 Å². The summed E-state index contributed by atoms with van der Waals surface area (Å²) < 4.78 is 14.7. The highest BCUT2D eigenvalue weighted by atomic mass is 31.1. The van der Waals surface area contributed by atoms with E-state index >= 15 is 0 Å². The van der Waals surface area contributed by atoms with Gasteiger partial charge in [0.05, 0.1) is 0 Å². The molecule has 0 unspecified atom stereocenters. The molecule has 1 fully saturated rings. The van der Waals surface area contributed by atoms with Crippen LogP contribution in [0.1, 0.15) is 118 Å². The summed E-state index contributed by atoms with van der Waals surface area (Å²) in [7, 11) is -2.02. The monoisotopic (exact) mass is 537 g/mol. The molecular formula is C32H44NO4P. The van der Waals surface area contributed by atoms with E-state index in [9.17, 15) is 9.59 Å². The summed E-state index contributed by atoms with van der Waals surface area (Å²) >= 11 is 0. The van der Waals surface area contributed by atoms with Crippen molar-refractivity contribution in [2.75, 3.05) is 4.67 Å². The second kappa shape index (κ2) is 9.01. The minimum atomic E-state index is -2.02. The topological polar surface area (TPSA) is 63.7 Å². The standard InChI is InChI=1S/C32H44NO4P/c1-29(2,3)19-15-21-22-16-20(30(4,5)6)18-24(32(10,11)12)28(22)37-38(33-25(34)13-14-26(33)35)36-27(21)23(17-19)31(7,8)9/h15-18H,13-14H2,1-12H3. The molecular weight excluding hydrogens is 493 g/mol. The molecule has 0 N–H and O–H groups in total. The van der Waals surface area contributed by atoms with E-state index in [1.807, 2.05) is 0 Å². The van der Waals surface area contributed by atoms with E-state index in [4.69, 9.17) is 8.39 Å². The molecule has 1 aromatic heterocycles. The van der Waals surface area contributed by atoms with Gasteiger partial charge in [-0.25, -0.2) is 0 Å². The lowest BCUT2D eigenvalue weighted by Crippen LogP contribution is -2.25. The normalized spacial score (nSPS) is 15.7. The lowest BCUT2D eigenvalue weighted by Gasteiger charge is -2.27. The van der Waals surface area contributed by atoms with Gasteiger partial charge >= 0.3 is 8.16 Å². The van der Waals surface area contributed by atoms with Gasteiger partial charge in [-0.05, 0) is 44.9 Å². The molecule has 0 radical (unpaired) electrons. The summed E-state index contributed by atoms with van der Waals surface area (Å²) in [4.78, 5) is 25.8. The van der Waals surface area contributed by atoms with Crippen molar-refractivity contribution in [2.24, 2.45) is 0 Å². The van der Waals surface area contributed by atoms with Crippen molar-refractivity contribution in [3.05, 3.63) is 46.5 Å². The zero-order valence-corrected chi connectivity index (χ0v) is 26.1. The molecule has 1 saturated heterocycles. The van der Waals surface area contributed by atoms with Gasteiger partial charge < -0.3 is 8.39 Å². The summed E-state index contributed by atoms with van der Waals surface area (Å²) in [6.45, 7) is 26.3. The average Bonchev–Trinajstić information content (AvgIpc) is 2.98. The molecule has 2 amide bonds. The number of fused-ring (bicyclic) bond motifs is 3. The van der Waals surface area contributed by atoms with Gasteiger partial charge in [-0.2, -0.15) is 4.67 Å². The van der Waals surface area contributed by atoms with Crippen LogP contribution in [0.25, 0.3) is 21.9 Å². The summed E-state index contributed by atoms with van der Waals surface area (Å²) in [6, 6.07) is 8.89. The van der Waals surface area contributed by atoms with Gasteiger partial charge in [-0.3, -0.25) is 9.59 Å².